The standard InChI is InChI=1S/C8H6N2O4/c9-6-3-4(8(12)13)1-2-5(6)7(11)10-14/h1-3H,9H2,(H,12,13). The number of hydrogen-bond acceptors (Lipinski definition) is 4. The van der Waals surface area contributed by atoms with Crippen LogP contribution < -0.4 is 5.73 Å². The lowest BCUT2D eigenvalue weighted by atomic mass is 10.1. The van der Waals surface area contributed by atoms with Crippen molar-refractivity contribution in [2.75, 3.05) is 5.73 Å². The molecule has 0 unspecified atom stereocenters. The number of aromatic carboxylic acids is 1. The van der Waals surface area contributed by atoms with Crippen LogP contribution in [0, 0.1) is 4.91 Å². The smallest absolute Gasteiger partial charge is 0.335 e. The Balaban J connectivity index is 3.20. The molecule has 6 heteroatoms. The van der Waals surface area contributed by atoms with Gasteiger partial charge in [0.1, 0.15) is 0 Å². The Kier molecular flexibility index (Phi) is 2.57. The Hall–Kier alpha value is -2.24. The molecule has 1 amide bonds. The van der Waals surface area contributed by atoms with Gasteiger partial charge in [0.05, 0.1) is 11.1 Å². The van der Waals surface area contributed by atoms with E-state index in [4.69, 9.17) is 10.8 Å². The molecule has 0 radical (unpaired) electrons. The number of amides is 1. The number of benzene rings is 1. The van der Waals surface area contributed by atoms with Crippen LogP contribution in [0.15, 0.2) is 23.4 Å². The predicted octanol–water partition coefficient (Wildman–Crippen LogP) is 0.874. The third-order valence-corrected chi connectivity index (χ3v) is 1.61. The fourth-order valence-corrected chi connectivity index (χ4v) is 0.940. The molecule has 1 aromatic carbocycles. The van der Waals surface area contributed by atoms with E-state index >= 15 is 0 Å². The minimum absolute atomic E-state index is 0.0510. The first-order valence-corrected chi connectivity index (χ1v) is 3.56. The minimum atomic E-state index is -1.16. The van der Waals surface area contributed by atoms with E-state index < -0.39 is 11.9 Å². The van der Waals surface area contributed by atoms with Crippen molar-refractivity contribution in [3.63, 3.8) is 0 Å². The number of nitrogens with two attached hydrogens (primary N) is 1. The minimum Gasteiger partial charge on any atom is -0.478 e. The summed E-state index contributed by atoms with van der Waals surface area (Å²) in [7, 11) is 0. The molecule has 6 nitrogen and oxygen atoms in total. The van der Waals surface area contributed by atoms with Crippen LogP contribution in [0.2, 0.25) is 0 Å². The molecule has 14 heavy (non-hydrogen) atoms. The number of carbonyl (C=O) groups excluding carboxylic acids is 1. The van der Waals surface area contributed by atoms with Gasteiger partial charge in [0, 0.05) is 10.9 Å². The van der Waals surface area contributed by atoms with Crippen molar-refractivity contribution in [3.05, 3.63) is 34.2 Å². The molecular formula is C8H6N2O4. The zero-order valence-electron chi connectivity index (χ0n) is 6.93. The molecule has 1 rings (SSSR count). The maximum absolute atomic E-state index is 10.8. The first kappa shape index (κ1) is 9.85. The predicted molar refractivity (Wildman–Crippen MR) is 47.9 cm³/mol. The van der Waals surface area contributed by atoms with Crippen molar-refractivity contribution in [2.45, 2.75) is 0 Å². The van der Waals surface area contributed by atoms with Gasteiger partial charge in [0.2, 0.25) is 0 Å². The number of nitrogen functional groups attached to an aromatic ring is 1. The van der Waals surface area contributed by atoms with E-state index in [0.717, 1.165) is 12.1 Å². The molecule has 0 aliphatic carbocycles. The van der Waals surface area contributed by atoms with Crippen molar-refractivity contribution in [2.24, 2.45) is 5.18 Å². The Morgan fingerprint density at radius 1 is 1.36 bits per heavy atom. The highest BCUT2D eigenvalue weighted by Gasteiger charge is 2.12. The van der Waals surface area contributed by atoms with Gasteiger partial charge in [0.25, 0.3) is 0 Å². The average Bonchev–Trinajstić information content (AvgIpc) is 2.16. The second-order valence-electron chi connectivity index (χ2n) is 2.50. The lowest BCUT2D eigenvalue weighted by molar-refractivity contribution is 0.0696. The van der Waals surface area contributed by atoms with Gasteiger partial charge in [-0.1, -0.05) is 0 Å². The van der Waals surface area contributed by atoms with Gasteiger partial charge >= 0.3 is 11.9 Å². The number of carboxylic acid groups (broad SMARTS) is 1. The van der Waals surface area contributed by atoms with Gasteiger partial charge in [-0.25, -0.2) is 4.79 Å². The van der Waals surface area contributed by atoms with Gasteiger partial charge in [0.15, 0.2) is 0 Å². The summed E-state index contributed by atoms with van der Waals surface area (Å²) in [5, 5.41) is 10.7. The van der Waals surface area contributed by atoms with Crippen LogP contribution in [-0.4, -0.2) is 17.0 Å². The van der Waals surface area contributed by atoms with Crippen molar-refractivity contribution >= 4 is 17.6 Å². The highest BCUT2D eigenvalue weighted by atomic mass is 16.4. The van der Waals surface area contributed by atoms with Crippen LogP contribution in [0.25, 0.3) is 0 Å². The molecule has 3 N–H and O–H groups in total. The molecule has 0 atom stereocenters. The molecule has 0 saturated heterocycles. The summed E-state index contributed by atoms with van der Waals surface area (Å²) in [5.74, 6) is -2.17. The first-order valence-electron chi connectivity index (χ1n) is 3.56. The molecule has 0 aliphatic rings. The van der Waals surface area contributed by atoms with Crippen molar-refractivity contribution < 1.29 is 14.7 Å². The highest BCUT2D eigenvalue weighted by Crippen LogP contribution is 2.15. The van der Waals surface area contributed by atoms with E-state index in [2.05, 4.69) is 5.18 Å². The third-order valence-electron chi connectivity index (χ3n) is 1.61. The van der Waals surface area contributed by atoms with E-state index in [0.29, 0.717) is 0 Å². The summed E-state index contributed by atoms with van der Waals surface area (Å²) >= 11 is 0. The summed E-state index contributed by atoms with van der Waals surface area (Å²) in [6, 6.07) is 3.43. The van der Waals surface area contributed by atoms with Gasteiger partial charge in [-0.2, -0.15) is 0 Å². The van der Waals surface area contributed by atoms with Crippen LogP contribution in [0.3, 0.4) is 0 Å². The molecule has 1 aromatic rings. The van der Waals surface area contributed by atoms with Gasteiger partial charge in [-0.05, 0) is 18.2 Å². The van der Waals surface area contributed by atoms with Gasteiger partial charge in [-0.15, -0.1) is 4.91 Å². The maximum Gasteiger partial charge on any atom is 0.335 e. The first-order chi connectivity index (χ1) is 6.56. The van der Waals surface area contributed by atoms with Crippen molar-refractivity contribution in [1.82, 2.24) is 0 Å². The number of nitroso groups, excluding NO2 is 1. The van der Waals surface area contributed by atoms with Crippen molar-refractivity contribution in [3.8, 4) is 0 Å². The van der Waals surface area contributed by atoms with Crippen LogP contribution in [0.4, 0.5) is 5.69 Å². The zero-order valence-corrected chi connectivity index (χ0v) is 6.93. The maximum atomic E-state index is 10.8. The van der Waals surface area contributed by atoms with E-state index in [1.54, 1.807) is 0 Å². The summed E-state index contributed by atoms with van der Waals surface area (Å²) in [6.45, 7) is 0. The highest BCUT2D eigenvalue weighted by molar-refractivity contribution is 6.01. The lowest BCUT2D eigenvalue weighted by Crippen LogP contribution is -2.04. The number of carbonyl (C=O) groups is 2. The van der Waals surface area contributed by atoms with E-state index in [9.17, 15) is 14.5 Å². The summed E-state index contributed by atoms with van der Waals surface area (Å²) in [5.41, 5.74) is 5.13. The second kappa shape index (κ2) is 3.65. The second-order valence-corrected chi connectivity index (χ2v) is 2.50. The Labute approximate surface area is 78.3 Å². The zero-order chi connectivity index (χ0) is 10.7. The van der Waals surface area contributed by atoms with Crippen LogP contribution in [0.5, 0.6) is 0 Å². The normalized spacial score (nSPS) is 9.43. The summed E-state index contributed by atoms with van der Waals surface area (Å²) < 4.78 is 0. The largest absolute Gasteiger partial charge is 0.478 e. The number of nitrogens with zero attached hydrogens (tertiary/aromatic N) is 1. The molecule has 72 valence electrons. The summed E-state index contributed by atoms with van der Waals surface area (Å²) in [4.78, 5) is 31.2. The van der Waals surface area contributed by atoms with E-state index in [-0.39, 0.29) is 16.8 Å². The van der Waals surface area contributed by atoms with Crippen LogP contribution in [0.1, 0.15) is 20.7 Å². The molecular weight excluding hydrogens is 188 g/mol. The number of hydrogen-bond donors (Lipinski definition) is 2. The fraction of sp³-hybridized carbons (Fsp3) is 0. The quantitative estimate of drug-likeness (QED) is 0.536. The number of rotatable bonds is 2. The van der Waals surface area contributed by atoms with E-state index in [1.807, 2.05) is 0 Å². The third kappa shape index (κ3) is 1.74. The Morgan fingerprint density at radius 3 is 2.43 bits per heavy atom. The number of carboxylic acids is 1. The monoisotopic (exact) mass is 194 g/mol. The topological polar surface area (TPSA) is 110 Å². The molecule has 0 fully saturated rings. The molecule has 0 bridgehead atoms. The van der Waals surface area contributed by atoms with E-state index in [1.165, 1.54) is 6.07 Å². The average molecular weight is 194 g/mol. The molecule has 0 spiro atoms. The Morgan fingerprint density at radius 2 is 2.00 bits per heavy atom. The summed E-state index contributed by atoms with van der Waals surface area (Å²) in [6.07, 6.45) is 0. The van der Waals surface area contributed by atoms with Gasteiger partial charge < -0.3 is 10.8 Å². The van der Waals surface area contributed by atoms with Gasteiger partial charge in [-0.3, -0.25) is 4.79 Å². The van der Waals surface area contributed by atoms with Crippen LogP contribution >= 0.6 is 0 Å². The van der Waals surface area contributed by atoms with Crippen LogP contribution in [-0.2, 0) is 0 Å². The molecule has 0 aromatic heterocycles. The SMILES string of the molecule is Nc1cc(C(=O)O)ccc1C(=O)N=O. The lowest BCUT2D eigenvalue weighted by Gasteiger charge is -2.00. The number of anilines is 1. The molecule has 0 aliphatic heterocycles. The molecule has 0 saturated carbocycles. The Bertz CT molecular complexity index is 414. The fourth-order valence-electron chi connectivity index (χ4n) is 0.940. The van der Waals surface area contributed by atoms with Crippen molar-refractivity contribution in [1.29, 1.82) is 0 Å². The molecule has 0 heterocycles.